The predicted molar refractivity (Wildman–Crippen MR) is 52.6 cm³/mol. The Morgan fingerprint density at radius 1 is 1.57 bits per heavy atom. The van der Waals surface area contributed by atoms with Gasteiger partial charge in [0.1, 0.15) is 5.69 Å². The Kier molecular flexibility index (Phi) is 3.62. The normalized spacial score (nSPS) is 9.14. The molecule has 0 saturated heterocycles. The number of carbonyl (C=O) groups is 1. The summed E-state index contributed by atoms with van der Waals surface area (Å²) >= 11 is 0. The van der Waals surface area contributed by atoms with E-state index in [1.807, 2.05) is 6.92 Å². The lowest BCUT2D eigenvalue weighted by molar-refractivity contribution is 0.0949. The molecule has 0 fully saturated rings. The van der Waals surface area contributed by atoms with E-state index in [-0.39, 0.29) is 5.91 Å². The zero-order valence-electron chi connectivity index (χ0n) is 7.95. The van der Waals surface area contributed by atoms with Gasteiger partial charge < -0.3 is 5.32 Å². The first-order valence-corrected chi connectivity index (χ1v) is 4.24. The average molecular weight is 189 g/mol. The third-order valence-electron chi connectivity index (χ3n) is 1.57. The fourth-order valence-corrected chi connectivity index (χ4v) is 0.849. The second kappa shape index (κ2) is 4.97. The molecule has 0 atom stereocenters. The van der Waals surface area contributed by atoms with Gasteiger partial charge in [0.2, 0.25) is 0 Å². The van der Waals surface area contributed by atoms with E-state index in [0.717, 1.165) is 5.69 Å². The van der Waals surface area contributed by atoms with Gasteiger partial charge in [-0.05, 0) is 6.92 Å². The Morgan fingerprint density at radius 3 is 2.93 bits per heavy atom. The van der Waals surface area contributed by atoms with Crippen molar-refractivity contribution in [2.75, 3.05) is 6.54 Å². The number of carbonyl (C=O) groups excluding carboxylic acids is 1. The van der Waals surface area contributed by atoms with Crippen molar-refractivity contribution in [2.24, 2.45) is 0 Å². The van der Waals surface area contributed by atoms with E-state index in [1.54, 1.807) is 6.20 Å². The van der Waals surface area contributed by atoms with Crippen molar-refractivity contribution in [2.45, 2.75) is 13.3 Å². The van der Waals surface area contributed by atoms with Crippen LogP contribution < -0.4 is 5.32 Å². The third-order valence-corrected chi connectivity index (χ3v) is 1.57. The van der Waals surface area contributed by atoms with Crippen LogP contribution in [0.15, 0.2) is 12.4 Å². The predicted octanol–water partition coefficient (Wildman–Crippen LogP) is 0.538. The minimum atomic E-state index is -0.243. The molecule has 0 bridgehead atoms. The van der Waals surface area contributed by atoms with Gasteiger partial charge in [-0.15, -0.1) is 12.3 Å². The lowest BCUT2D eigenvalue weighted by Gasteiger charge is -2.01. The molecule has 1 aromatic rings. The molecule has 1 rings (SSSR count). The standard InChI is InChI=1S/C10H11N3O/c1-3-4-5-11-10(14)9-7-12-8(2)6-13-9/h1,6-7H,4-5H2,2H3,(H,11,14). The number of aromatic nitrogens is 2. The summed E-state index contributed by atoms with van der Waals surface area (Å²) in [6.45, 7) is 2.28. The summed E-state index contributed by atoms with van der Waals surface area (Å²) in [5.74, 6) is 2.19. The first-order chi connectivity index (χ1) is 6.74. The number of amides is 1. The maximum Gasteiger partial charge on any atom is 0.271 e. The minimum absolute atomic E-state index is 0.243. The molecule has 0 aromatic carbocycles. The lowest BCUT2D eigenvalue weighted by Crippen LogP contribution is -2.25. The van der Waals surface area contributed by atoms with E-state index in [0.29, 0.717) is 18.7 Å². The van der Waals surface area contributed by atoms with Crippen LogP contribution >= 0.6 is 0 Å². The second-order valence-corrected chi connectivity index (χ2v) is 2.75. The van der Waals surface area contributed by atoms with Crippen molar-refractivity contribution in [1.29, 1.82) is 0 Å². The number of terminal acetylenes is 1. The Balaban J connectivity index is 2.53. The molecule has 72 valence electrons. The van der Waals surface area contributed by atoms with Gasteiger partial charge in [-0.3, -0.25) is 9.78 Å². The zero-order chi connectivity index (χ0) is 10.4. The van der Waals surface area contributed by atoms with Gasteiger partial charge in [-0.25, -0.2) is 4.98 Å². The van der Waals surface area contributed by atoms with Crippen LogP contribution in [-0.2, 0) is 0 Å². The lowest BCUT2D eigenvalue weighted by atomic mass is 10.3. The number of rotatable bonds is 3. The van der Waals surface area contributed by atoms with Crippen molar-refractivity contribution >= 4 is 5.91 Å². The molecular weight excluding hydrogens is 178 g/mol. The van der Waals surface area contributed by atoms with Crippen molar-refractivity contribution in [3.05, 3.63) is 23.8 Å². The van der Waals surface area contributed by atoms with Crippen molar-refractivity contribution in [1.82, 2.24) is 15.3 Å². The topological polar surface area (TPSA) is 54.9 Å². The quantitative estimate of drug-likeness (QED) is 0.557. The van der Waals surface area contributed by atoms with Crippen LogP contribution in [0.4, 0.5) is 0 Å². The molecule has 4 nitrogen and oxygen atoms in total. The molecule has 0 unspecified atom stereocenters. The average Bonchev–Trinajstić information content (AvgIpc) is 2.19. The molecule has 0 radical (unpaired) electrons. The molecule has 4 heteroatoms. The monoisotopic (exact) mass is 189 g/mol. The Labute approximate surface area is 82.8 Å². The molecule has 0 aliphatic rings. The van der Waals surface area contributed by atoms with Gasteiger partial charge in [0.05, 0.1) is 11.9 Å². The molecule has 1 N–H and O–H groups in total. The van der Waals surface area contributed by atoms with E-state index in [9.17, 15) is 4.79 Å². The van der Waals surface area contributed by atoms with Crippen molar-refractivity contribution < 1.29 is 4.79 Å². The second-order valence-electron chi connectivity index (χ2n) is 2.75. The summed E-state index contributed by atoms with van der Waals surface area (Å²) in [6.07, 6.45) is 8.56. The summed E-state index contributed by atoms with van der Waals surface area (Å²) in [5.41, 5.74) is 1.10. The highest BCUT2D eigenvalue weighted by atomic mass is 16.1. The van der Waals surface area contributed by atoms with Gasteiger partial charge in [0.15, 0.2) is 0 Å². The number of aryl methyl sites for hydroxylation is 1. The van der Waals surface area contributed by atoms with Gasteiger partial charge in [0.25, 0.3) is 5.91 Å². The van der Waals surface area contributed by atoms with Crippen LogP contribution in [0.5, 0.6) is 0 Å². The highest BCUT2D eigenvalue weighted by Gasteiger charge is 2.05. The molecule has 0 aliphatic heterocycles. The van der Waals surface area contributed by atoms with Crippen LogP contribution in [0, 0.1) is 19.3 Å². The summed E-state index contributed by atoms with van der Waals surface area (Å²) < 4.78 is 0. The highest BCUT2D eigenvalue weighted by molar-refractivity contribution is 5.91. The van der Waals surface area contributed by atoms with Crippen LogP contribution in [0.1, 0.15) is 22.6 Å². The van der Waals surface area contributed by atoms with Crippen molar-refractivity contribution in [3.63, 3.8) is 0 Å². The SMILES string of the molecule is C#CCCNC(=O)c1cnc(C)cn1. The molecular formula is C10H11N3O. The summed E-state index contributed by atoms with van der Waals surface area (Å²) in [6, 6.07) is 0. The van der Waals surface area contributed by atoms with E-state index in [2.05, 4.69) is 21.2 Å². The Morgan fingerprint density at radius 2 is 2.36 bits per heavy atom. The largest absolute Gasteiger partial charge is 0.350 e. The first-order valence-electron chi connectivity index (χ1n) is 4.24. The molecule has 1 heterocycles. The van der Waals surface area contributed by atoms with Crippen LogP contribution in [0.3, 0.4) is 0 Å². The summed E-state index contributed by atoms with van der Waals surface area (Å²) in [7, 11) is 0. The van der Waals surface area contributed by atoms with E-state index in [4.69, 9.17) is 6.42 Å². The van der Waals surface area contributed by atoms with Crippen LogP contribution in [-0.4, -0.2) is 22.4 Å². The van der Waals surface area contributed by atoms with E-state index in [1.165, 1.54) is 6.20 Å². The molecule has 1 aromatic heterocycles. The van der Waals surface area contributed by atoms with Crippen molar-refractivity contribution in [3.8, 4) is 12.3 Å². The van der Waals surface area contributed by atoms with Gasteiger partial charge in [-0.2, -0.15) is 0 Å². The maximum atomic E-state index is 11.3. The van der Waals surface area contributed by atoms with Crippen LogP contribution in [0.2, 0.25) is 0 Å². The van der Waals surface area contributed by atoms with E-state index >= 15 is 0 Å². The maximum absolute atomic E-state index is 11.3. The number of nitrogens with one attached hydrogen (secondary N) is 1. The smallest absolute Gasteiger partial charge is 0.271 e. The molecule has 14 heavy (non-hydrogen) atoms. The number of hydrogen-bond donors (Lipinski definition) is 1. The van der Waals surface area contributed by atoms with E-state index < -0.39 is 0 Å². The molecule has 0 spiro atoms. The summed E-state index contributed by atoms with van der Waals surface area (Å²) in [5, 5.41) is 2.64. The molecule has 0 aliphatic carbocycles. The highest BCUT2D eigenvalue weighted by Crippen LogP contribution is 1.93. The fourth-order valence-electron chi connectivity index (χ4n) is 0.849. The minimum Gasteiger partial charge on any atom is -0.350 e. The van der Waals surface area contributed by atoms with Gasteiger partial charge in [-0.1, -0.05) is 0 Å². The molecule has 0 saturated carbocycles. The van der Waals surface area contributed by atoms with Gasteiger partial charge >= 0.3 is 0 Å². The van der Waals surface area contributed by atoms with Crippen LogP contribution in [0.25, 0.3) is 0 Å². The summed E-state index contributed by atoms with van der Waals surface area (Å²) in [4.78, 5) is 19.2. The zero-order valence-corrected chi connectivity index (χ0v) is 7.95. The first kappa shape index (κ1) is 10.2. The number of hydrogen-bond acceptors (Lipinski definition) is 3. The molecule has 1 amide bonds. The fraction of sp³-hybridized carbons (Fsp3) is 0.300. The Bertz CT molecular complexity index is 351. The van der Waals surface area contributed by atoms with Gasteiger partial charge in [0, 0.05) is 19.2 Å². The Hall–Kier alpha value is -1.89. The number of nitrogens with zero attached hydrogens (tertiary/aromatic N) is 2. The third kappa shape index (κ3) is 2.87.